The fraction of sp³-hybridized carbons (Fsp3) is 0.619. The molecule has 30 heavy (non-hydrogen) atoms. The van der Waals surface area contributed by atoms with Gasteiger partial charge in [-0.3, -0.25) is 9.63 Å². The molecule has 3 rings (SSSR count). The molecule has 2 aromatic rings. The number of nitrogens with zero attached hydrogens (tertiary/aromatic N) is 6. The van der Waals surface area contributed by atoms with Crippen molar-refractivity contribution in [1.82, 2.24) is 24.7 Å². The van der Waals surface area contributed by atoms with Crippen LogP contribution in [-0.2, 0) is 22.7 Å². The van der Waals surface area contributed by atoms with E-state index in [2.05, 4.69) is 29.2 Å². The van der Waals surface area contributed by atoms with Crippen molar-refractivity contribution in [3.05, 3.63) is 40.8 Å². The van der Waals surface area contributed by atoms with Gasteiger partial charge in [0.15, 0.2) is 0 Å². The Labute approximate surface area is 177 Å². The second kappa shape index (κ2) is 9.99. The zero-order chi connectivity index (χ0) is 21.7. The van der Waals surface area contributed by atoms with Gasteiger partial charge in [-0.05, 0) is 47.2 Å². The van der Waals surface area contributed by atoms with Crippen LogP contribution in [0, 0.1) is 17.8 Å². The molecule has 9 heteroatoms. The molecular weight excluding hydrogens is 384 g/mol. The maximum Gasteiger partial charge on any atom is 0.363 e. The summed E-state index contributed by atoms with van der Waals surface area (Å²) in [5.74, 6) is 1.02. The number of aryl methyl sites for hydroxylation is 1. The van der Waals surface area contributed by atoms with E-state index in [1.807, 2.05) is 37.3 Å². The lowest BCUT2D eigenvalue weighted by Gasteiger charge is -2.41. The van der Waals surface area contributed by atoms with E-state index < -0.39 is 0 Å². The van der Waals surface area contributed by atoms with Crippen LogP contribution in [0.1, 0.15) is 27.7 Å². The summed E-state index contributed by atoms with van der Waals surface area (Å²) in [6.45, 7) is 12.0. The third-order valence-corrected chi connectivity index (χ3v) is 5.85. The van der Waals surface area contributed by atoms with Gasteiger partial charge in [-0.25, -0.2) is 4.79 Å². The largest absolute Gasteiger partial charge is 0.363 e. The molecule has 1 saturated heterocycles. The Balaban J connectivity index is 1.54. The van der Waals surface area contributed by atoms with Crippen LogP contribution in [0.25, 0.3) is 0 Å². The first kappa shape index (κ1) is 22.2. The summed E-state index contributed by atoms with van der Waals surface area (Å²) in [4.78, 5) is 32.5. The van der Waals surface area contributed by atoms with Gasteiger partial charge in [-0.1, -0.05) is 32.0 Å². The third kappa shape index (κ3) is 5.14. The molecular formula is C21H32N6O3. The molecule has 1 aromatic heterocycles. The molecule has 0 radical (unpaired) electrons. The predicted octanol–water partition coefficient (Wildman–Crippen LogP) is 1.65. The van der Waals surface area contributed by atoms with Crippen molar-refractivity contribution < 1.29 is 9.63 Å². The molecule has 1 aromatic carbocycles. The minimum absolute atomic E-state index is 0.135. The van der Waals surface area contributed by atoms with Gasteiger partial charge in [0.05, 0.1) is 18.8 Å². The maximum atomic E-state index is 12.1. The number of piperidine rings is 1. The number of amides is 1. The number of likely N-dealkylation sites (tertiary alicyclic amines) is 1. The fourth-order valence-corrected chi connectivity index (χ4v) is 4.18. The Hall–Kier alpha value is -2.52. The molecule has 1 fully saturated rings. The average Bonchev–Trinajstić information content (AvgIpc) is 3.08. The predicted molar refractivity (Wildman–Crippen MR) is 114 cm³/mol. The van der Waals surface area contributed by atoms with Crippen LogP contribution < -0.4 is 10.8 Å². The number of hydrogen-bond acceptors (Lipinski definition) is 6. The summed E-state index contributed by atoms with van der Waals surface area (Å²) in [7, 11) is 0. The van der Waals surface area contributed by atoms with Gasteiger partial charge in [-0.2, -0.15) is 14.4 Å². The Kier molecular flexibility index (Phi) is 7.38. The summed E-state index contributed by atoms with van der Waals surface area (Å²) in [6, 6.07) is 9.44. The van der Waals surface area contributed by atoms with E-state index in [4.69, 9.17) is 4.84 Å². The molecule has 1 amide bonds. The molecule has 0 aliphatic carbocycles. The minimum Gasteiger partial charge on any atom is -0.301 e. The SMILES string of the molecule is CCn1nnn(CCN2CC(C)C(CON(C(C)=O)c3ccccc3)C(C)C2)c1=O. The molecule has 2 unspecified atom stereocenters. The first-order valence-electron chi connectivity index (χ1n) is 10.6. The number of benzene rings is 1. The highest BCUT2D eigenvalue weighted by Gasteiger charge is 2.33. The summed E-state index contributed by atoms with van der Waals surface area (Å²) >= 11 is 0. The van der Waals surface area contributed by atoms with E-state index in [9.17, 15) is 9.59 Å². The molecule has 2 atom stereocenters. The Bertz CT molecular complexity index is 868. The molecule has 1 aliphatic rings. The summed E-state index contributed by atoms with van der Waals surface area (Å²) in [5.41, 5.74) is 0.584. The highest BCUT2D eigenvalue weighted by atomic mass is 16.7. The van der Waals surface area contributed by atoms with Crippen LogP contribution in [0.5, 0.6) is 0 Å². The van der Waals surface area contributed by atoms with Gasteiger partial charge in [-0.15, -0.1) is 0 Å². The van der Waals surface area contributed by atoms with Crippen LogP contribution in [0.4, 0.5) is 5.69 Å². The third-order valence-electron chi connectivity index (χ3n) is 5.85. The molecule has 1 aliphatic heterocycles. The van der Waals surface area contributed by atoms with Crippen molar-refractivity contribution >= 4 is 11.6 Å². The number of carbonyl (C=O) groups excluding carboxylic acids is 1. The van der Waals surface area contributed by atoms with E-state index in [1.165, 1.54) is 21.4 Å². The minimum atomic E-state index is -0.160. The fourth-order valence-electron chi connectivity index (χ4n) is 4.18. The molecule has 0 bridgehead atoms. The number of para-hydroxylation sites is 1. The molecule has 0 saturated carbocycles. The molecule has 164 valence electrons. The first-order chi connectivity index (χ1) is 14.4. The Morgan fingerprint density at radius 3 is 2.30 bits per heavy atom. The zero-order valence-corrected chi connectivity index (χ0v) is 18.3. The van der Waals surface area contributed by atoms with Crippen molar-refractivity contribution in [2.24, 2.45) is 17.8 Å². The first-order valence-corrected chi connectivity index (χ1v) is 10.6. The second-order valence-electron chi connectivity index (χ2n) is 8.12. The van der Waals surface area contributed by atoms with Crippen LogP contribution in [0.15, 0.2) is 35.1 Å². The van der Waals surface area contributed by atoms with Crippen LogP contribution in [0.3, 0.4) is 0 Å². The number of hydrogen-bond donors (Lipinski definition) is 0. The lowest BCUT2D eigenvalue weighted by molar-refractivity contribution is -0.125. The highest BCUT2D eigenvalue weighted by molar-refractivity contribution is 5.89. The number of anilines is 1. The lowest BCUT2D eigenvalue weighted by Crippen LogP contribution is -2.48. The van der Waals surface area contributed by atoms with Crippen molar-refractivity contribution in [3.63, 3.8) is 0 Å². The average molecular weight is 417 g/mol. The molecule has 9 nitrogen and oxygen atoms in total. The van der Waals surface area contributed by atoms with E-state index in [0.717, 1.165) is 25.3 Å². The summed E-state index contributed by atoms with van der Waals surface area (Å²) in [5, 5.41) is 9.21. The number of aromatic nitrogens is 4. The zero-order valence-electron chi connectivity index (χ0n) is 18.3. The summed E-state index contributed by atoms with van der Waals surface area (Å²) < 4.78 is 2.79. The van der Waals surface area contributed by atoms with Crippen molar-refractivity contribution in [2.45, 2.75) is 40.8 Å². The van der Waals surface area contributed by atoms with E-state index in [-0.39, 0.29) is 11.6 Å². The van der Waals surface area contributed by atoms with Crippen molar-refractivity contribution in [1.29, 1.82) is 0 Å². The summed E-state index contributed by atoms with van der Waals surface area (Å²) in [6.07, 6.45) is 0. The normalized spacial score (nSPS) is 22.2. The number of rotatable bonds is 8. The van der Waals surface area contributed by atoms with E-state index in [1.54, 1.807) is 0 Å². The second-order valence-corrected chi connectivity index (χ2v) is 8.12. The molecule has 2 heterocycles. The number of hydroxylamine groups is 1. The van der Waals surface area contributed by atoms with Gasteiger partial charge >= 0.3 is 5.69 Å². The van der Waals surface area contributed by atoms with Gasteiger partial charge < -0.3 is 4.90 Å². The van der Waals surface area contributed by atoms with Crippen LogP contribution >= 0.6 is 0 Å². The Morgan fingerprint density at radius 2 is 1.73 bits per heavy atom. The van der Waals surface area contributed by atoms with Gasteiger partial charge in [0.2, 0.25) is 5.91 Å². The van der Waals surface area contributed by atoms with Crippen molar-refractivity contribution in [2.75, 3.05) is 31.3 Å². The number of tetrazole rings is 1. The molecule has 0 N–H and O–H groups in total. The van der Waals surface area contributed by atoms with Gasteiger partial charge in [0.1, 0.15) is 0 Å². The number of carbonyl (C=O) groups is 1. The quantitative estimate of drug-likeness (QED) is 0.609. The van der Waals surface area contributed by atoms with Crippen LogP contribution in [0.2, 0.25) is 0 Å². The topological polar surface area (TPSA) is 85.5 Å². The van der Waals surface area contributed by atoms with E-state index in [0.29, 0.717) is 37.5 Å². The monoisotopic (exact) mass is 416 g/mol. The lowest BCUT2D eigenvalue weighted by atomic mass is 9.80. The highest BCUT2D eigenvalue weighted by Crippen LogP contribution is 2.29. The van der Waals surface area contributed by atoms with Gasteiger partial charge in [0.25, 0.3) is 0 Å². The van der Waals surface area contributed by atoms with Crippen LogP contribution in [-0.4, -0.2) is 56.8 Å². The van der Waals surface area contributed by atoms with E-state index >= 15 is 0 Å². The maximum absolute atomic E-state index is 12.1. The molecule has 0 spiro atoms. The smallest absolute Gasteiger partial charge is 0.301 e. The standard InChI is InChI=1S/C21H32N6O3/c1-5-25-21(29)26(23-22-25)12-11-24-13-16(2)20(17(3)14-24)15-30-27(18(4)28)19-9-7-6-8-10-19/h6-10,16-17,20H,5,11-15H2,1-4H3. The van der Waals surface area contributed by atoms with Gasteiger partial charge in [0, 0.05) is 33.1 Å². The van der Waals surface area contributed by atoms with Crippen molar-refractivity contribution in [3.8, 4) is 0 Å². The Morgan fingerprint density at radius 1 is 1.10 bits per heavy atom.